The number of rotatable bonds is 2. The molecule has 2 fully saturated rings. The molecule has 2 aliphatic carbocycles. The van der Waals surface area contributed by atoms with Gasteiger partial charge in [0.2, 0.25) is 0 Å². The van der Waals surface area contributed by atoms with Gasteiger partial charge in [-0.3, -0.25) is 4.90 Å². The molecule has 2 atom stereocenters. The number of likely N-dealkylation sites (tertiary alicyclic amines) is 1. The van der Waals surface area contributed by atoms with Crippen molar-refractivity contribution in [2.24, 2.45) is 5.92 Å². The average molecular weight is 259 g/mol. The van der Waals surface area contributed by atoms with Gasteiger partial charge in [-0.2, -0.15) is 0 Å². The highest BCUT2D eigenvalue weighted by Gasteiger charge is 2.45. The van der Waals surface area contributed by atoms with Crippen LogP contribution < -0.4 is 0 Å². The van der Waals surface area contributed by atoms with Crippen LogP contribution in [0.2, 0.25) is 0 Å². The molecule has 1 unspecified atom stereocenters. The van der Waals surface area contributed by atoms with E-state index in [1.165, 1.54) is 70.9 Å². The van der Waals surface area contributed by atoms with E-state index in [0.29, 0.717) is 5.54 Å². The van der Waals surface area contributed by atoms with Crippen LogP contribution in [-0.4, -0.2) is 23.5 Å². The number of hydrogen-bond acceptors (Lipinski definition) is 1. The van der Waals surface area contributed by atoms with Gasteiger partial charge in [-0.15, -0.1) is 0 Å². The molecule has 1 saturated heterocycles. The summed E-state index contributed by atoms with van der Waals surface area (Å²) in [6.07, 6.45) is 19.8. The Hall–Kier alpha value is -0.560. The molecule has 1 heterocycles. The Balaban J connectivity index is 1.93. The van der Waals surface area contributed by atoms with Crippen LogP contribution in [0.15, 0.2) is 23.8 Å². The average Bonchev–Trinajstić information content (AvgIpc) is 2.50. The predicted octanol–water partition coefficient (Wildman–Crippen LogP) is 4.70. The van der Waals surface area contributed by atoms with Gasteiger partial charge in [0.15, 0.2) is 0 Å². The second-order valence-electron chi connectivity index (χ2n) is 6.76. The van der Waals surface area contributed by atoms with Gasteiger partial charge in [-0.25, -0.2) is 0 Å². The number of piperidine rings is 1. The molecule has 0 aromatic heterocycles. The van der Waals surface area contributed by atoms with E-state index in [4.69, 9.17) is 0 Å². The molecule has 3 aliphatic rings. The number of hydrogen-bond donors (Lipinski definition) is 0. The molecule has 1 aliphatic heterocycles. The fourth-order valence-corrected chi connectivity index (χ4v) is 4.64. The van der Waals surface area contributed by atoms with Crippen molar-refractivity contribution in [2.45, 2.75) is 70.3 Å². The maximum absolute atomic E-state index is 2.86. The maximum atomic E-state index is 2.86. The quantitative estimate of drug-likeness (QED) is 0.695. The zero-order chi connectivity index (χ0) is 13.1. The van der Waals surface area contributed by atoms with Crippen LogP contribution in [0.3, 0.4) is 0 Å². The highest BCUT2D eigenvalue weighted by molar-refractivity contribution is 5.35. The fourth-order valence-electron chi connectivity index (χ4n) is 4.64. The van der Waals surface area contributed by atoms with Crippen LogP contribution in [0.5, 0.6) is 0 Å². The van der Waals surface area contributed by atoms with Crippen molar-refractivity contribution >= 4 is 0 Å². The van der Waals surface area contributed by atoms with Crippen molar-refractivity contribution < 1.29 is 0 Å². The minimum Gasteiger partial charge on any atom is -0.293 e. The molecular formula is C18H29N. The summed E-state index contributed by atoms with van der Waals surface area (Å²) in [6, 6.07) is 0. The molecule has 0 aromatic carbocycles. The molecule has 0 aromatic rings. The monoisotopic (exact) mass is 259 g/mol. The van der Waals surface area contributed by atoms with E-state index in [1.54, 1.807) is 5.57 Å². The van der Waals surface area contributed by atoms with Crippen LogP contribution in [0, 0.1) is 5.92 Å². The van der Waals surface area contributed by atoms with E-state index in [9.17, 15) is 0 Å². The molecule has 19 heavy (non-hydrogen) atoms. The largest absolute Gasteiger partial charge is 0.293 e. The molecule has 1 nitrogen and oxygen atoms in total. The van der Waals surface area contributed by atoms with Gasteiger partial charge in [-0.1, -0.05) is 44.4 Å². The molecule has 1 heteroatoms. The lowest BCUT2D eigenvalue weighted by molar-refractivity contribution is 0.0243. The third-order valence-corrected chi connectivity index (χ3v) is 5.68. The van der Waals surface area contributed by atoms with Crippen molar-refractivity contribution in [3.8, 4) is 0 Å². The third kappa shape index (κ3) is 2.42. The lowest BCUT2D eigenvalue weighted by Crippen LogP contribution is -2.57. The van der Waals surface area contributed by atoms with Crippen molar-refractivity contribution in [3.63, 3.8) is 0 Å². The van der Waals surface area contributed by atoms with Gasteiger partial charge < -0.3 is 0 Å². The molecule has 0 N–H and O–H groups in total. The Morgan fingerprint density at radius 1 is 1.05 bits per heavy atom. The number of nitrogens with zero attached hydrogens (tertiary/aromatic N) is 1. The third-order valence-electron chi connectivity index (χ3n) is 5.68. The van der Waals surface area contributed by atoms with E-state index >= 15 is 0 Å². The first-order valence-electron chi connectivity index (χ1n) is 8.46. The van der Waals surface area contributed by atoms with Gasteiger partial charge in [0.25, 0.3) is 0 Å². The summed E-state index contributed by atoms with van der Waals surface area (Å²) >= 11 is 0. The molecule has 3 rings (SSSR count). The van der Waals surface area contributed by atoms with Crippen LogP contribution >= 0.6 is 0 Å². The maximum Gasteiger partial charge on any atom is 0.0482 e. The summed E-state index contributed by atoms with van der Waals surface area (Å²) < 4.78 is 0. The Labute approximate surface area is 118 Å². The van der Waals surface area contributed by atoms with Crippen molar-refractivity contribution in [1.82, 2.24) is 4.90 Å². The minimum absolute atomic E-state index is 0.385. The summed E-state index contributed by atoms with van der Waals surface area (Å²) in [5.41, 5.74) is 2.04. The van der Waals surface area contributed by atoms with Crippen molar-refractivity contribution in [2.75, 3.05) is 13.1 Å². The van der Waals surface area contributed by atoms with Crippen LogP contribution in [-0.2, 0) is 0 Å². The molecule has 0 spiro atoms. The van der Waals surface area contributed by atoms with Gasteiger partial charge >= 0.3 is 0 Å². The molecule has 1 saturated carbocycles. The Morgan fingerprint density at radius 2 is 1.89 bits per heavy atom. The fraction of sp³-hybridized carbons (Fsp3) is 0.778. The standard InChI is InChI=1S/C18H29N/c1-16-10-6-7-13-18(16,17-11-4-2-5-12-17)19-14-8-3-9-15-19/h4,11-12,16H,2-3,5-10,13-15H2,1H3/t16?,18-/m1/s1. The van der Waals surface area contributed by atoms with Gasteiger partial charge in [-0.05, 0) is 63.1 Å². The van der Waals surface area contributed by atoms with E-state index in [-0.39, 0.29) is 0 Å². The van der Waals surface area contributed by atoms with E-state index in [0.717, 1.165) is 5.92 Å². The number of allylic oxidation sites excluding steroid dienone is 2. The first-order valence-corrected chi connectivity index (χ1v) is 8.46. The molecular weight excluding hydrogens is 230 g/mol. The van der Waals surface area contributed by atoms with Gasteiger partial charge in [0, 0.05) is 5.54 Å². The first kappa shape index (κ1) is 13.4. The Bertz CT molecular complexity index is 362. The summed E-state index contributed by atoms with van der Waals surface area (Å²) in [4.78, 5) is 2.86. The van der Waals surface area contributed by atoms with Crippen LogP contribution in [0.1, 0.15) is 64.7 Å². The normalized spacial score (nSPS) is 37.1. The smallest absolute Gasteiger partial charge is 0.0482 e. The van der Waals surface area contributed by atoms with Gasteiger partial charge in [0.1, 0.15) is 0 Å². The van der Waals surface area contributed by atoms with E-state index in [2.05, 4.69) is 30.1 Å². The Morgan fingerprint density at radius 3 is 2.58 bits per heavy atom. The topological polar surface area (TPSA) is 3.24 Å². The lowest BCUT2D eigenvalue weighted by atomic mass is 9.66. The van der Waals surface area contributed by atoms with Crippen molar-refractivity contribution in [1.29, 1.82) is 0 Å². The van der Waals surface area contributed by atoms with E-state index in [1.807, 2.05) is 0 Å². The SMILES string of the molecule is CC1CCCC[C@@]1(C1=CCCC=C1)N1CCCCC1. The minimum atomic E-state index is 0.385. The first-order chi connectivity index (χ1) is 9.34. The Kier molecular flexibility index (Phi) is 4.12. The molecule has 0 amide bonds. The summed E-state index contributed by atoms with van der Waals surface area (Å²) in [6.45, 7) is 5.17. The zero-order valence-corrected chi connectivity index (χ0v) is 12.5. The summed E-state index contributed by atoms with van der Waals surface area (Å²) in [7, 11) is 0. The molecule has 106 valence electrons. The summed E-state index contributed by atoms with van der Waals surface area (Å²) in [5.74, 6) is 0.827. The highest BCUT2D eigenvalue weighted by Crippen LogP contribution is 2.45. The second kappa shape index (κ2) is 5.83. The van der Waals surface area contributed by atoms with Crippen LogP contribution in [0.4, 0.5) is 0 Å². The van der Waals surface area contributed by atoms with Gasteiger partial charge in [0.05, 0.1) is 0 Å². The highest BCUT2D eigenvalue weighted by atomic mass is 15.2. The predicted molar refractivity (Wildman–Crippen MR) is 82.2 cm³/mol. The molecule has 0 radical (unpaired) electrons. The van der Waals surface area contributed by atoms with E-state index < -0.39 is 0 Å². The summed E-state index contributed by atoms with van der Waals surface area (Å²) in [5, 5.41) is 0. The second-order valence-corrected chi connectivity index (χ2v) is 6.76. The molecule has 0 bridgehead atoms. The zero-order valence-electron chi connectivity index (χ0n) is 12.5. The van der Waals surface area contributed by atoms with Crippen molar-refractivity contribution in [3.05, 3.63) is 23.8 Å². The lowest BCUT2D eigenvalue weighted by Gasteiger charge is -2.53. The van der Waals surface area contributed by atoms with Crippen LogP contribution in [0.25, 0.3) is 0 Å².